The SMILES string of the molecule is NC(=O)c1cn(CC2CCC(c3nc(-c4cc5ccccc5[nH]4)c4c(N)nccn34)CC2)c2ccccc12. The van der Waals surface area contributed by atoms with Crippen LogP contribution in [0.3, 0.4) is 0 Å². The van der Waals surface area contributed by atoms with E-state index in [1.807, 2.05) is 42.7 Å². The number of carbonyl (C=O) groups excluding carboxylic acids is 1. The van der Waals surface area contributed by atoms with Gasteiger partial charge in [-0.1, -0.05) is 36.4 Å². The Labute approximate surface area is 219 Å². The minimum absolute atomic E-state index is 0.335. The van der Waals surface area contributed by atoms with Crippen LogP contribution in [0.15, 0.2) is 73.2 Å². The van der Waals surface area contributed by atoms with Crippen molar-refractivity contribution in [1.82, 2.24) is 23.9 Å². The lowest BCUT2D eigenvalue weighted by atomic mass is 9.81. The summed E-state index contributed by atoms with van der Waals surface area (Å²) < 4.78 is 4.33. The molecule has 0 saturated heterocycles. The van der Waals surface area contributed by atoms with Gasteiger partial charge in [0, 0.05) is 52.9 Å². The number of anilines is 1. The Balaban J connectivity index is 1.17. The molecule has 0 aliphatic heterocycles. The summed E-state index contributed by atoms with van der Waals surface area (Å²) in [5.74, 6) is 2.01. The Bertz CT molecular complexity index is 1780. The van der Waals surface area contributed by atoms with E-state index in [4.69, 9.17) is 16.5 Å². The zero-order valence-corrected chi connectivity index (χ0v) is 21.0. The fraction of sp³-hybridized carbons (Fsp3) is 0.233. The third-order valence-electron chi connectivity index (χ3n) is 8.12. The molecule has 1 aliphatic rings. The van der Waals surface area contributed by atoms with Crippen LogP contribution >= 0.6 is 0 Å². The second-order valence-corrected chi connectivity index (χ2v) is 10.4. The van der Waals surface area contributed by atoms with E-state index >= 15 is 0 Å². The van der Waals surface area contributed by atoms with Crippen molar-refractivity contribution >= 4 is 39.0 Å². The highest BCUT2D eigenvalue weighted by Crippen LogP contribution is 2.39. The largest absolute Gasteiger partial charge is 0.382 e. The van der Waals surface area contributed by atoms with Crippen molar-refractivity contribution in [2.45, 2.75) is 38.1 Å². The maximum Gasteiger partial charge on any atom is 0.250 e. The van der Waals surface area contributed by atoms with Crippen LogP contribution in [-0.2, 0) is 6.54 Å². The first-order chi connectivity index (χ1) is 18.6. The number of fused-ring (bicyclic) bond motifs is 3. The zero-order chi connectivity index (χ0) is 25.8. The number of hydrogen-bond acceptors (Lipinski definition) is 4. The lowest BCUT2D eigenvalue weighted by molar-refractivity contribution is 0.100. The predicted octanol–water partition coefficient (Wildman–Crippen LogP) is 5.49. The molecule has 0 spiro atoms. The van der Waals surface area contributed by atoms with Crippen LogP contribution in [0.1, 0.15) is 47.8 Å². The fourth-order valence-corrected chi connectivity index (χ4v) is 6.24. The topological polar surface area (TPSA) is 120 Å². The van der Waals surface area contributed by atoms with Crippen molar-refractivity contribution in [3.05, 3.63) is 84.6 Å². The molecule has 0 radical (unpaired) electrons. The number of amides is 1. The van der Waals surface area contributed by atoms with Crippen molar-refractivity contribution in [3.63, 3.8) is 0 Å². The van der Waals surface area contributed by atoms with Crippen LogP contribution in [0.4, 0.5) is 5.82 Å². The number of benzene rings is 2. The van der Waals surface area contributed by atoms with Crippen LogP contribution in [0, 0.1) is 5.92 Å². The number of aromatic nitrogens is 5. The van der Waals surface area contributed by atoms with Gasteiger partial charge in [-0.2, -0.15) is 0 Å². The second kappa shape index (κ2) is 8.76. The number of carbonyl (C=O) groups is 1. The van der Waals surface area contributed by atoms with Gasteiger partial charge in [-0.25, -0.2) is 9.97 Å². The highest BCUT2D eigenvalue weighted by Gasteiger charge is 2.28. The lowest BCUT2D eigenvalue weighted by Gasteiger charge is -2.28. The minimum atomic E-state index is -0.380. The Morgan fingerprint density at radius 3 is 2.66 bits per heavy atom. The smallest absolute Gasteiger partial charge is 0.250 e. The zero-order valence-electron chi connectivity index (χ0n) is 21.0. The number of aromatic amines is 1. The number of primary amides is 1. The molecule has 0 bridgehead atoms. The summed E-state index contributed by atoms with van der Waals surface area (Å²) in [6, 6.07) is 18.4. The van der Waals surface area contributed by atoms with Crippen LogP contribution in [0.5, 0.6) is 0 Å². The lowest BCUT2D eigenvalue weighted by Crippen LogP contribution is -2.19. The Kier molecular flexibility index (Phi) is 5.21. The molecule has 8 nitrogen and oxygen atoms in total. The number of hydrogen-bond donors (Lipinski definition) is 3. The number of H-pyrrole nitrogens is 1. The summed E-state index contributed by atoms with van der Waals surface area (Å²) >= 11 is 0. The molecule has 5 N–H and O–H groups in total. The summed E-state index contributed by atoms with van der Waals surface area (Å²) in [7, 11) is 0. The molecular weight excluding hydrogens is 474 g/mol. The molecule has 8 heteroatoms. The van der Waals surface area contributed by atoms with Gasteiger partial charge < -0.3 is 21.0 Å². The second-order valence-electron chi connectivity index (χ2n) is 10.4. The van der Waals surface area contributed by atoms with Gasteiger partial charge in [-0.3, -0.25) is 9.20 Å². The standard InChI is InChI=1S/C30H29N7O/c31-28-27-26(24-15-20-5-1-3-7-23(20)34-24)35-30(37(27)14-13-33-28)19-11-9-18(10-12-19)16-36-17-22(29(32)38)21-6-2-4-8-25(21)36/h1-8,13-15,17-19,34H,9-12,16H2,(H2,31,33)(H2,32,38). The molecule has 190 valence electrons. The Morgan fingerprint density at radius 2 is 1.84 bits per heavy atom. The number of nitrogens with zero attached hydrogens (tertiary/aromatic N) is 4. The van der Waals surface area contributed by atoms with Gasteiger partial charge in [-0.15, -0.1) is 0 Å². The van der Waals surface area contributed by atoms with Gasteiger partial charge in [0.25, 0.3) is 5.91 Å². The summed E-state index contributed by atoms with van der Waals surface area (Å²) in [5, 5.41) is 2.07. The van der Waals surface area contributed by atoms with Crippen LogP contribution in [0.25, 0.3) is 38.7 Å². The molecule has 1 fully saturated rings. The average molecular weight is 504 g/mol. The van der Waals surface area contributed by atoms with Crippen molar-refractivity contribution in [2.75, 3.05) is 5.73 Å². The molecule has 0 unspecified atom stereocenters. The van der Waals surface area contributed by atoms with Gasteiger partial charge in [0.1, 0.15) is 22.9 Å². The minimum Gasteiger partial charge on any atom is -0.382 e. The van der Waals surface area contributed by atoms with E-state index < -0.39 is 0 Å². The average Bonchev–Trinajstić information content (AvgIpc) is 3.63. The number of nitrogens with two attached hydrogens (primary N) is 2. The van der Waals surface area contributed by atoms with Crippen LogP contribution in [-0.4, -0.2) is 29.8 Å². The third kappa shape index (κ3) is 3.63. The Morgan fingerprint density at radius 1 is 1.05 bits per heavy atom. The number of nitrogens with one attached hydrogen (secondary N) is 1. The first kappa shape index (κ1) is 22.6. The monoisotopic (exact) mass is 503 g/mol. The quantitative estimate of drug-likeness (QED) is 0.288. The summed E-state index contributed by atoms with van der Waals surface area (Å²) in [6.45, 7) is 0.875. The molecular formula is C30H29N7O. The van der Waals surface area contributed by atoms with Gasteiger partial charge in [0.05, 0.1) is 11.3 Å². The van der Waals surface area contributed by atoms with Gasteiger partial charge in [0.2, 0.25) is 0 Å². The molecule has 6 aromatic rings. The molecule has 1 aliphatic carbocycles. The van der Waals surface area contributed by atoms with E-state index in [9.17, 15) is 4.79 Å². The van der Waals surface area contributed by atoms with Crippen molar-refractivity contribution < 1.29 is 4.79 Å². The highest BCUT2D eigenvalue weighted by atomic mass is 16.1. The summed E-state index contributed by atoms with van der Waals surface area (Å²) in [6.07, 6.45) is 9.90. The first-order valence-corrected chi connectivity index (χ1v) is 13.1. The molecule has 7 rings (SSSR count). The highest BCUT2D eigenvalue weighted by molar-refractivity contribution is 6.06. The van der Waals surface area contributed by atoms with Gasteiger partial charge >= 0.3 is 0 Å². The first-order valence-electron chi connectivity index (χ1n) is 13.1. The number of rotatable bonds is 5. The van der Waals surface area contributed by atoms with E-state index in [0.29, 0.717) is 23.2 Å². The fourth-order valence-electron chi connectivity index (χ4n) is 6.24. The van der Waals surface area contributed by atoms with E-state index in [0.717, 1.165) is 76.8 Å². The third-order valence-corrected chi connectivity index (χ3v) is 8.12. The van der Waals surface area contributed by atoms with E-state index in [-0.39, 0.29) is 5.91 Å². The van der Waals surface area contributed by atoms with Crippen LogP contribution < -0.4 is 11.5 Å². The van der Waals surface area contributed by atoms with Crippen molar-refractivity contribution in [2.24, 2.45) is 11.7 Å². The van der Waals surface area contributed by atoms with E-state index in [2.05, 4.69) is 43.2 Å². The molecule has 2 aromatic carbocycles. The number of imidazole rings is 1. The van der Waals surface area contributed by atoms with Gasteiger partial charge in [-0.05, 0) is 49.8 Å². The molecule has 1 amide bonds. The predicted molar refractivity (Wildman–Crippen MR) is 150 cm³/mol. The normalized spacial score (nSPS) is 18.0. The van der Waals surface area contributed by atoms with Crippen molar-refractivity contribution in [3.8, 4) is 11.4 Å². The Hall–Kier alpha value is -4.59. The number of para-hydroxylation sites is 2. The number of nitrogen functional groups attached to an aromatic ring is 1. The molecule has 4 aromatic heterocycles. The molecule has 4 heterocycles. The maximum absolute atomic E-state index is 12.0. The summed E-state index contributed by atoms with van der Waals surface area (Å²) in [4.78, 5) is 25.0. The molecule has 38 heavy (non-hydrogen) atoms. The van der Waals surface area contributed by atoms with Crippen LogP contribution in [0.2, 0.25) is 0 Å². The van der Waals surface area contributed by atoms with E-state index in [1.165, 1.54) is 0 Å². The van der Waals surface area contributed by atoms with Gasteiger partial charge in [0.15, 0.2) is 0 Å². The maximum atomic E-state index is 12.0. The molecule has 1 saturated carbocycles. The van der Waals surface area contributed by atoms with Crippen molar-refractivity contribution in [1.29, 1.82) is 0 Å². The molecule has 0 atom stereocenters. The summed E-state index contributed by atoms with van der Waals surface area (Å²) in [5.41, 5.74) is 17.4. The van der Waals surface area contributed by atoms with E-state index in [1.54, 1.807) is 6.20 Å².